The minimum Gasteiger partial charge on any atom is -0.350 e. The molecule has 0 aliphatic rings. The number of nitrogens with one attached hydrogen (secondary N) is 2. The van der Waals surface area contributed by atoms with Crippen molar-refractivity contribution >= 4 is 11.8 Å². The number of aryl methyl sites for hydroxylation is 1. The molecule has 0 aliphatic carbocycles. The number of aromatic nitrogens is 1. The van der Waals surface area contributed by atoms with Gasteiger partial charge in [-0.25, -0.2) is 4.98 Å². The summed E-state index contributed by atoms with van der Waals surface area (Å²) in [5, 5.41) is 5.30. The molecule has 0 saturated heterocycles. The van der Waals surface area contributed by atoms with E-state index in [4.69, 9.17) is 0 Å². The highest BCUT2D eigenvalue weighted by Gasteiger charge is 2.15. The van der Waals surface area contributed by atoms with Gasteiger partial charge in [-0.05, 0) is 39.8 Å². The van der Waals surface area contributed by atoms with Crippen molar-refractivity contribution in [2.24, 2.45) is 0 Å². The predicted octanol–water partition coefficient (Wildman–Crippen LogP) is 1.03. The molecule has 0 aliphatic heterocycles. The van der Waals surface area contributed by atoms with Crippen molar-refractivity contribution in [3.8, 4) is 0 Å². The number of hydrogen-bond donors (Lipinski definition) is 2. The summed E-state index contributed by atoms with van der Waals surface area (Å²) < 4.78 is 0. The Hall–Kier alpha value is -1.91. The second-order valence-electron chi connectivity index (χ2n) is 5.15. The van der Waals surface area contributed by atoms with Gasteiger partial charge >= 0.3 is 0 Å². The minimum atomic E-state index is -0.345. The van der Waals surface area contributed by atoms with Crippen molar-refractivity contribution in [1.29, 1.82) is 0 Å². The van der Waals surface area contributed by atoms with E-state index in [2.05, 4.69) is 15.6 Å². The molecule has 1 rings (SSSR count). The van der Waals surface area contributed by atoms with E-state index in [1.165, 1.54) is 0 Å². The molecule has 1 aromatic heterocycles. The van der Waals surface area contributed by atoms with Crippen LogP contribution in [0.4, 0.5) is 0 Å². The van der Waals surface area contributed by atoms with Crippen LogP contribution < -0.4 is 10.6 Å². The van der Waals surface area contributed by atoms with Gasteiger partial charge in [-0.3, -0.25) is 9.59 Å². The van der Waals surface area contributed by atoms with Gasteiger partial charge in [0.15, 0.2) is 0 Å². The van der Waals surface area contributed by atoms with Crippen molar-refractivity contribution in [3.63, 3.8) is 0 Å². The molecule has 2 N–H and O–H groups in total. The van der Waals surface area contributed by atoms with Crippen LogP contribution in [0.2, 0.25) is 0 Å². The summed E-state index contributed by atoms with van der Waals surface area (Å²) in [6.45, 7) is 7.41. The van der Waals surface area contributed by atoms with Crippen molar-refractivity contribution in [3.05, 3.63) is 29.6 Å². The van der Waals surface area contributed by atoms with Crippen LogP contribution >= 0.6 is 0 Å². The van der Waals surface area contributed by atoms with E-state index in [-0.39, 0.29) is 23.9 Å². The Morgan fingerprint density at radius 1 is 1.28 bits per heavy atom. The average molecular weight is 249 g/mol. The molecule has 0 bridgehead atoms. The fourth-order valence-corrected chi connectivity index (χ4v) is 1.38. The van der Waals surface area contributed by atoms with E-state index in [0.29, 0.717) is 5.69 Å². The van der Waals surface area contributed by atoms with Gasteiger partial charge in [0, 0.05) is 11.2 Å². The number of carbonyl (C=O) groups is 2. The Morgan fingerprint density at radius 3 is 2.50 bits per heavy atom. The van der Waals surface area contributed by atoms with Crippen LogP contribution in [0.25, 0.3) is 0 Å². The summed E-state index contributed by atoms with van der Waals surface area (Å²) in [5.74, 6) is -0.564. The second-order valence-corrected chi connectivity index (χ2v) is 5.15. The van der Waals surface area contributed by atoms with Crippen LogP contribution in [0.15, 0.2) is 18.2 Å². The first-order valence-electron chi connectivity index (χ1n) is 5.81. The van der Waals surface area contributed by atoms with Gasteiger partial charge in [0.2, 0.25) is 5.91 Å². The van der Waals surface area contributed by atoms with Gasteiger partial charge in [-0.1, -0.05) is 6.07 Å². The minimum absolute atomic E-state index is 0.0499. The van der Waals surface area contributed by atoms with Gasteiger partial charge < -0.3 is 10.6 Å². The summed E-state index contributed by atoms with van der Waals surface area (Å²) in [4.78, 5) is 27.3. The molecule has 0 fully saturated rings. The summed E-state index contributed by atoms with van der Waals surface area (Å²) in [7, 11) is 0. The third-order valence-corrected chi connectivity index (χ3v) is 2.04. The molecular weight excluding hydrogens is 230 g/mol. The quantitative estimate of drug-likeness (QED) is 0.840. The summed E-state index contributed by atoms with van der Waals surface area (Å²) in [6.07, 6.45) is 0. The van der Waals surface area contributed by atoms with Gasteiger partial charge in [0.1, 0.15) is 5.69 Å². The molecular formula is C13H19N3O2. The van der Waals surface area contributed by atoms with E-state index >= 15 is 0 Å². The van der Waals surface area contributed by atoms with E-state index < -0.39 is 0 Å². The number of nitrogens with zero attached hydrogens (tertiary/aromatic N) is 1. The third kappa shape index (κ3) is 4.95. The maximum absolute atomic E-state index is 11.7. The van der Waals surface area contributed by atoms with Crippen LogP contribution in [-0.4, -0.2) is 28.9 Å². The van der Waals surface area contributed by atoms with Crippen LogP contribution in [0, 0.1) is 6.92 Å². The van der Waals surface area contributed by atoms with E-state index in [1.54, 1.807) is 12.1 Å². The van der Waals surface area contributed by atoms with Gasteiger partial charge in [0.25, 0.3) is 5.91 Å². The number of rotatable bonds is 3. The van der Waals surface area contributed by atoms with E-state index in [0.717, 1.165) is 5.69 Å². The van der Waals surface area contributed by atoms with Gasteiger partial charge in [0.05, 0.1) is 6.54 Å². The van der Waals surface area contributed by atoms with Crippen molar-refractivity contribution < 1.29 is 9.59 Å². The lowest BCUT2D eigenvalue weighted by Crippen LogP contribution is -2.45. The highest BCUT2D eigenvalue weighted by Crippen LogP contribution is 1.99. The van der Waals surface area contributed by atoms with Crippen molar-refractivity contribution in [1.82, 2.24) is 15.6 Å². The fraction of sp³-hybridized carbons (Fsp3) is 0.462. The zero-order chi connectivity index (χ0) is 13.8. The summed E-state index contributed by atoms with van der Waals surface area (Å²) >= 11 is 0. The van der Waals surface area contributed by atoms with Crippen LogP contribution in [0.5, 0.6) is 0 Å². The maximum atomic E-state index is 11.7. The highest BCUT2D eigenvalue weighted by atomic mass is 16.2. The molecule has 1 aromatic rings. The highest BCUT2D eigenvalue weighted by molar-refractivity contribution is 5.94. The molecule has 0 unspecified atom stereocenters. The lowest BCUT2D eigenvalue weighted by atomic mass is 10.1. The first-order valence-corrected chi connectivity index (χ1v) is 5.81. The molecule has 18 heavy (non-hydrogen) atoms. The Morgan fingerprint density at radius 2 is 1.94 bits per heavy atom. The lowest BCUT2D eigenvalue weighted by molar-refractivity contribution is -0.121. The average Bonchev–Trinajstić information content (AvgIpc) is 2.23. The number of hydrogen-bond acceptors (Lipinski definition) is 3. The number of carbonyl (C=O) groups excluding carboxylic acids is 2. The van der Waals surface area contributed by atoms with Crippen LogP contribution in [-0.2, 0) is 4.79 Å². The second kappa shape index (κ2) is 5.62. The number of amides is 2. The zero-order valence-corrected chi connectivity index (χ0v) is 11.2. The molecule has 1 heterocycles. The smallest absolute Gasteiger partial charge is 0.270 e. The molecule has 0 atom stereocenters. The Balaban J connectivity index is 2.49. The summed E-state index contributed by atoms with van der Waals surface area (Å²) in [6, 6.07) is 5.18. The fourth-order valence-electron chi connectivity index (χ4n) is 1.38. The molecule has 0 aromatic carbocycles. The third-order valence-electron chi connectivity index (χ3n) is 2.04. The van der Waals surface area contributed by atoms with E-state index in [1.807, 2.05) is 33.8 Å². The zero-order valence-electron chi connectivity index (χ0n) is 11.2. The van der Waals surface area contributed by atoms with Crippen molar-refractivity contribution in [2.45, 2.75) is 33.2 Å². The molecule has 98 valence electrons. The van der Waals surface area contributed by atoms with E-state index in [9.17, 15) is 9.59 Å². The molecule has 2 amide bonds. The molecule has 0 spiro atoms. The molecule has 0 radical (unpaired) electrons. The standard InChI is InChI=1S/C13H19N3O2/c1-9-6-5-7-10(15-9)12(18)14-8-11(17)16-13(2,3)4/h5-7H,8H2,1-4H3,(H,14,18)(H,16,17). The molecule has 0 saturated carbocycles. The van der Waals surface area contributed by atoms with Crippen LogP contribution in [0.3, 0.4) is 0 Å². The van der Waals surface area contributed by atoms with Gasteiger partial charge in [-0.15, -0.1) is 0 Å². The SMILES string of the molecule is Cc1cccc(C(=O)NCC(=O)NC(C)(C)C)n1. The van der Waals surface area contributed by atoms with Crippen molar-refractivity contribution in [2.75, 3.05) is 6.54 Å². The topological polar surface area (TPSA) is 71.1 Å². The molecule has 5 heteroatoms. The summed E-state index contributed by atoms with van der Waals surface area (Å²) in [5.41, 5.74) is 0.781. The lowest BCUT2D eigenvalue weighted by Gasteiger charge is -2.20. The Kier molecular flexibility index (Phi) is 4.42. The molecule has 5 nitrogen and oxygen atoms in total. The first kappa shape index (κ1) is 14.2. The monoisotopic (exact) mass is 249 g/mol. The largest absolute Gasteiger partial charge is 0.350 e. The predicted molar refractivity (Wildman–Crippen MR) is 69.2 cm³/mol. The normalized spacial score (nSPS) is 10.9. The van der Waals surface area contributed by atoms with Gasteiger partial charge in [-0.2, -0.15) is 0 Å². The first-order chi connectivity index (χ1) is 8.28. The maximum Gasteiger partial charge on any atom is 0.270 e. The van der Waals surface area contributed by atoms with Crippen LogP contribution in [0.1, 0.15) is 37.0 Å². The Bertz CT molecular complexity index is 450. The Labute approximate surface area is 107 Å². The number of pyridine rings is 1.